The van der Waals surface area contributed by atoms with Crippen molar-refractivity contribution in [2.45, 2.75) is 38.1 Å². The summed E-state index contributed by atoms with van der Waals surface area (Å²) in [6.07, 6.45) is 6.70. The van der Waals surface area contributed by atoms with Gasteiger partial charge in [-0.15, -0.1) is 0 Å². The molecule has 2 aromatic rings. The normalized spacial score (nSPS) is 19.1. The molecule has 1 radical (unpaired) electrons. The number of carbonyl (C=O) groups is 1. The molecule has 0 bridgehead atoms. The Bertz CT molecular complexity index is 780. The van der Waals surface area contributed by atoms with E-state index in [0.717, 1.165) is 37.3 Å². The summed E-state index contributed by atoms with van der Waals surface area (Å²) in [4.78, 5) is 18.1. The second-order valence-electron chi connectivity index (χ2n) is 7.84. The highest BCUT2D eigenvalue weighted by Crippen LogP contribution is 2.32. The van der Waals surface area contributed by atoms with E-state index in [1.165, 1.54) is 32.1 Å². The largest absolute Gasteiger partial charge is 0.339 e. The summed E-state index contributed by atoms with van der Waals surface area (Å²) in [5.41, 5.74) is 1.74. The zero-order valence-corrected chi connectivity index (χ0v) is 17.1. The summed E-state index contributed by atoms with van der Waals surface area (Å²) in [5.74, 6) is 0.792. The second kappa shape index (κ2) is 9.11. The number of hydrogen-bond donors (Lipinski definition) is 0. The van der Waals surface area contributed by atoms with Crippen LogP contribution in [0.3, 0.4) is 0 Å². The highest BCUT2D eigenvalue weighted by molar-refractivity contribution is 6.32. The number of carbonyl (C=O) groups excluding carboxylic acids is 1. The summed E-state index contributed by atoms with van der Waals surface area (Å²) in [6.45, 7) is 3.52. The minimum atomic E-state index is 0.0857. The van der Waals surface area contributed by atoms with Crippen LogP contribution in [0.5, 0.6) is 0 Å². The maximum absolute atomic E-state index is 13.5. The Morgan fingerprint density at radius 1 is 0.821 bits per heavy atom. The molecule has 28 heavy (non-hydrogen) atoms. The lowest BCUT2D eigenvalue weighted by Gasteiger charge is -2.41. The van der Waals surface area contributed by atoms with Gasteiger partial charge in [0.25, 0.3) is 0 Å². The average molecular weight is 396 g/mol. The Balaban J connectivity index is 1.51. The van der Waals surface area contributed by atoms with Crippen molar-refractivity contribution in [2.75, 3.05) is 26.2 Å². The van der Waals surface area contributed by atoms with Gasteiger partial charge in [-0.1, -0.05) is 79.4 Å². The van der Waals surface area contributed by atoms with Gasteiger partial charge in [0.05, 0.1) is 0 Å². The summed E-state index contributed by atoms with van der Waals surface area (Å²) in [5, 5.41) is 0.621. The number of nitrogens with zero attached hydrogens (tertiary/aromatic N) is 2. The maximum Gasteiger partial charge on any atom is 0.239 e. The minimum Gasteiger partial charge on any atom is -0.339 e. The molecule has 2 fully saturated rings. The van der Waals surface area contributed by atoms with Crippen molar-refractivity contribution < 1.29 is 4.79 Å². The maximum atomic E-state index is 13.5. The van der Waals surface area contributed by atoms with Gasteiger partial charge in [0, 0.05) is 37.2 Å². The van der Waals surface area contributed by atoms with Crippen molar-refractivity contribution in [3.05, 3.63) is 76.7 Å². The van der Waals surface area contributed by atoms with Crippen molar-refractivity contribution >= 4 is 17.5 Å². The molecular weight excluding hydrogens is 368 g/mol. The molecular formula is C24H28ClN2O. The molecule has 147 valence electrons. The molecule has 0 unspecified atom stereocenters. The lowest BCUT2D eigenvalue weighted by molar-refractivity contribution is -0.130. The summed E-state index contributed by atoms with van der Waals surface area (Å²) in [7, 11) is 0. The van der Waals surface area contributed by atoms with E-state index in [0.29, 0.717) is 17.0 Å². The third kappa shape index (κ3) is 4.26. The molecule has 2 aromatic carbocycles. The van der Waals surface area contributed by atoms with Crippen molar-refractivity contribution in [1.82, 2.24) is 9.80 Å². The van der Waals surface area contributed by atoms with Crippen LogP contribution in [0.4, 0.5) is 0 Å². The number of piperazine rings is 1. The van der Waals surface area contributed by atoms with Crippen LogP contribution in [0.2, 0.25) is 5.02 Å². The van der Waals surface area contributed by atoms with E-state index in [1.807, 2.05) is 59.5 Å². The standard InChI is InChI=1S/C24H28ClN2O/c25-22-14-8-7-13-21(22)23(19-9-3-1-4-10-19)24(28)27-17-15-26(16-18-27)20-11-5-2-6-12-20/h1,3-4,7-10,13-14,20H,2,5-6,11-12,15-18H2. The Hall–Kier alpha value is -1.84. The average Bonchev–Trinajstić information content (AvgIpc) is 2.77. The van der Waals surface area contributed by atoms with Crippen LogP contribution < -0.4 is 0 Å². The highest BCUT2D eigenvalue weighted by Gasteiger charge is 2.33. The third-order valence-corrected chi connectivity index (χ3v) is 6.44. The number of hydrogen-bond acceptors (Lipinski definition) is 2. The molecule has 1 aliphatic heterocycles. The molecule has 0 aromatic heterocycles. The van der Waals surface area contributed by atoms with Gasteiger partial charge >= 0.3 is 0 Å². The number of halogens is 1. The molecule has 1 saturated carbocycles. The molecule has 4 rings (SSSR count). The summed E-state index contributed by atoms with van der Waals surface area (Å²) < 4.78 is 0. The highest BCUT2D eigenvalue weighted by atomic mass is 35.5. The topological polar surface area (TPSA) is 23.6 Å². The van der Waals surface area contributed by atoms with Crippen molar-refractivity contribution in [3.8, 4) is 0 Å². The molecule has 3 nitrogen and oxygen atoms in total. The van der Waals surface area contributed by atoms with E-state index < -0.39 is 0 Å². The van der Waals surface area contributed by atoms with Crippen LogP contribution >= 0.6 is 11.6 Å². The van der Waals surface area contributed by atoms with Gasteiger partial charge in [-0.25, -0.2) is 0 Å². The molecule has 1 saturated heterocycles. The molecule has 1 amide bonds. The molecule has 0 atom stereocenters. The molecule has 2 aliphatic rings. The Labute approximate surface area is 173 Å². The fourth-order valence-electron chi connectivity index (χ4n) is 4.56. The third-order valence-electron chi connectivity index (χ3n) is 6.11. The van der Waals surface area contributed by atoms with E-state index in [-0.39, 0.29) is 5.91 Å². The van der Waals surface area contributed by atoms with E-state index in [2.05, 4.69) is 4.90 Å². The van der Waals surface area contributed by atoms with Gasteiger partial charge in [0.15, 0.2) is 0 Å². The predicted octanol–water partition coefficient (Wildman–Crippen LogP) is 4.79. The number of benzene rings is 2. The van der Waals surface area contributed by atoms with Crippen molar-refractivity contribution in [3.63, 3.8) is 0 Å². The van der Waals surface area contributed by atoms with Gasteiger partial charge in [-0.2, -0.15) is 0 Å². The summed E-state index contributed by atoms with van der Waals surface area (Å²) in [6, 6.07) is 18.3. The zero-order chi connectivity index (χ0) is 19.3. The predicted molar refractivity (Wildman–Crippen MR) is 114 cm³/mol. The van der Waals surface area contributed by atoms with Gasteiger partial charge in [0.1, 0.15) is 5.92 Å². The van der Waals surface area contributed by atoms with Crippen LogP contribution in [0.1, 0.15) is 43.2 Å². The summed E-state index contributed by atoms with van der Waals surface area (Å²) >= 11 is 6.48. The van der Waals surface area contributed by atoms with E-state index >= 15 is 0 Å². The first-order valence-corrected chi connectivity index (χ1v) is 10.8. The van der Waals surface area contributed by atoms with Crippen LogP contribution in [-0.2, 0) is 4.79 Å². The Morgan fingerprint density at radius 2 is 1.46 bits per heavy atom. The first-order valence-electron chi connectivity index (χ1n) is 10.4. The SMILES string of the molecule is O=C([C](c1ccccc1)c1ccccc1Cl)N1CCN(C2CCCCC2)CC1. The van der Waals surface area contributed by atoms with E-state index in [9.17, 15) is 4.79 Å². The lowest BCUT2D eigenvalue weighted by atomic mass is 9.89. The Kier molecular flexibility index (Phi) is 6.33. The molecule has 0 spiro atoms. The van der Waals surface area contributed by atoms with Crippen molar-refractivity contribution in [1.29, 1.82) is 0 Å². The smallest absolute Gasteiger partial charge is 0.239 e. The van der Waals surface area contributed by atoms with Crippen LogP contribution in [-0.4, -0.2) is 47.9 Å². The lowest BCUT2D eigenvalue weighted by Crippen LogP contribution is -2.53. The van der Waals surface area contributed by atoms with Crippen molar-refractivity contribution in [2.24, 2.45) is 0 Å². The fourth-order valence-corrected chi connectivity index (χ4v) is 4.79. The van der Waals surface area contributed by atoms with Crippen LogP contribution in [0.15, 0.2) is 54.6 Å². The number of amides is 1. The quantitative estimate of drug-likeness (QED) is 0.743. The number of rotatable bonds is 4. The molecule has 1 aliphatic carbocycles. The van der Waals surface area contributed by atoms with Gasteiger partial charge in [-0.05, 0) is 30.0 Å². The molecule has 1 heterocycles. The zero-order valence-electron chi connectivity index (χ0n) is 16.3. The first kappa shape index (κ1) is 19.5. The minimum absolute atomic E-state index is 0.0857. The molecule has 4 heteroatoms. The van der Waals surface area contributed by atoms with Crippen LogP contribution in [0.25, 0.3) is 0 Å². The monoisotopic (exact) mass is 395 g/mol. The fraction of sp³-hybridized carbons (Fsp3) is 0.417. The van der Waals surface area contributed by atoms with Gasteiger partial charge in [-0.3, -0.25) is 9.69 Å². The van der Waals surface area contributed by atoms with Crippen LogP contribution in [0, 0.1) is 5.92 Å². The van der Waals surface area contributed by atoms with Gasteiger partial charge < -0.3 is 4.90 Å². The second-order valence-corrected chi connectivity index (χ2v) is 8.25. The van der Waals surface area contributed by atoms with E-state index in [4.69, 9.17) is 11.6 Å². The molecule has 0 N–H and O–H groups in total. The van der Waals surface area contributed by atoms with E-state index in [1.54, 1.807) is 0 Å². The first-order chi connectivity index (χ1) is 13.7. The van der Waals surface area contributed by atoms with Gasteiger partial charge in [0.2, 0.25) is 5.91 Å². The Morgan fingerprint density at radius 3 is 2.14 bits per heavy atom.